The molecule has 0 aromatic carbocycles. The molecule has 0 amide bonds. The molecule has 1 heteroatoms. The molecule has 0 bridgehead atoms. The highest BCUT2D eigenvalue weighted by atomic mass is 16.1. The van der Waals surface area contributed by atoms with E-state index in [1.807, 2.05) is 0 Å². The van der Waals surface area contributed by atoms with Gasteiger partial charge in [-0.05, 0) is 30.8 Å². The molecular formula is C12H20O. The molecule has 0 N–H and O–H groups in total. The zero-order valence-corrected chi connectivity index (χ0v) is 9.24. The summed E-state index contributed by atoms with van der Waals surface area (Å²) in [5.74, 6) is 0.385. The number of Topliss-reactive ketones (excluding diaryl/α,β-unsaturated/α-hetero) is 1. The summed E-state index contributed by atoms with van der Waals surface area (Å²) in [7, 11) is 0. The Morgan fingerprint density at radius 3 is 2.38 bits per heavy atom. The molecule has 0 aromatic heterocycles. The fourth-order valence-electron chi connectivity index (χ4n) is 2.27. The van der Waals surface area contributed by atoms with Crippen LogP contribution in [0.5, 0.6) is 0 Å². The number of allylic oxidation sites excluding steroid dienone is 2. The van der Waals surface area contributed by atoms with E-state index in [0.717, 1.165) is 31.3 Å². The van der Waals surface area contributed by atoms with E-state index in [0.29, 0.717) is 5.78 Å². The van der Waals surface area contributed by atoms with Gasteiger partial charge in [0.05, 0.1) is 0 Å². The van der Waals surface area contributed by atoms with Gasteiger partial charge in [0.15, 0.2) is 5.78 Å². The van der Waals surface area contributed by atoms with Crippen LogP contribution in [0.15, 0.2) is 11.1 Å². The molecule has 0 spiro atoms. The molecule has 13 heavy (non-hydrogen) atoms. The van der Waals surface area contributed by atoms with Gasteiger partial charge >= 0.3 is 0 Å². The first-order chi connectivity index (χ1) is 5.96. The summed E-state index contributed by atoms with van der Waals surface area (Å²) in [6.07, 6.45) is 3.88. The van der Waals surface area contributed by atoms with Crippen LogP contribution >= 0.6 is 0 Å². The summed E-state index contributed by atoms with van der Waals surface area (Å²) in [6, 6.07) is 0. The minimum absolute atomic E-state index is 0.193. The Balaban J connectivity index is 2.88. The Bertz CT molecular complexity index is 246. The van der Waals surface area contributed by atoms with E-state index in [2.05, 4.69) is 27.7 Å². The van der Waals surface area contributed by atoms with Gasteiger partial charge in [0.2, 0.25) is 0 Å². The number of carbonyl (C=O) groups is 1. The van der Waals surface area contributed by atoms with Gasteiger partial charge in [-0.15, -0.1) is 0 Å². The van der Waals surface area contributed by atoms with Crippen molar-refractivity contribution in [1.29, 1.82) is 0 Å². The zero-order chi connectivity index (χ0) is 10.1. The molecule has 0 fully saturated rings. The third-order valence-corrected chi connectivity index (χ3v) is 2.73. The van der Waals surface area contributed by atoms with Crippen LogP contribution in [0.25, 0.3) is 0 Å². The smallest absolute Gasteiger partial charge is 0.159 e. The standard InChI is InChI=1S/C12H20O/c1-5-6-10-9(2)7-12(3,4)8-11(10)13/h5-8H2,1-4H3. The van der Waals surface area contributed by atoms with E-state index in [1.54, 1.807) is 0 Å². The second-order valence-corrected chi connectivity index (χ2v) is 4.95. The van der Waals surface area contributed by atoms with Crippen molar-refractivity contribution in [3.05, 3.63) is 11.1 Å². The predicted octanol–water partition coefficient (Wildman–Crippen LogP) is 3.49. The number of hydrogen-bond donors (Lipinski definition) is 0. The van der Waals surface area contributed by atoms with Gasteiger partial charge in [0, 0.05) is 6.42 Å². The maximum atomic E-state index is 11.8. The molecule has 0 saturated carbocycles. The molecule has 0 aliphatic heterocycles. The third-order valence-electron chi connectivity index (χ3n) is 2.73. The zero-order valence-electron chi connectivity index (χ0n) is 9.24. The second-order valence-electron chi connectivity index (χ2n) is 4.95. The first-order valence-electron chi connectivity index (χ1n) is 5.18. The van der Waals surface area contributed by atoms with Gasteiger partial charge in [-0.25, -0.2) is 0 Å². The molecule has 1 nitrogen and oxygen atoms in total. The van der Waals surface area contributed by atoms with Gasteiger partial charge < -0.3 is 0 Å². The first-order valence-corrected chi connectivity index (χ1v) is 5.18. The molecule has 0 aromatic rings. The van der Waals surface area contributed by atoms with Crippen LogP contribution in [0.4, 0.5) is 0 Å². The molecule has 0 atom stereocenters. The topological polar surface area (TPSA) is 17.1 Å². The highest BCUT2D eigenvalue weighted by molar-refractivity contribution is 5.97. The molecular weight excluding hydrogens is 160 g/mol. The fraction of sp³-hybridized carbons (Fsp3) is 0.750. The van der Waals surface area contributed by atoms with Crippen molar-refractivity contribution in [2.75, 3.05) is 0 Å². The van der Waals surface area contributed by atoms with Crippen LogP contribution in [0.3, 0.4) is 0 Å². The number of carbonyl (C=O) groups excluding carboxylic acids is 1. The van der Waals surface area contributed by atoms with Crippen molar-refractivity contribution in [2.24, 2.45) is 5.41 Å². The van der Waals surface area contributed by atoms with Crippen molar-refractivity contribution < 1.29 is 4.79 Å². The normalized spacial score (nSPS) is 22.3. The summed E-state index contributed by atoms with van der Waals surface area (Å²) in [5.41, 5.74) is 2.63. The lowest BCUT2D eigenvalue weighted by atomic mass is 9.73. The minimum Gasteiger partial charge on any atom is -0.295 e. The van der Waals surface area contributed by atoms with Crippen LogP contribution in [-0.2, 0) is 4.79 Å². The van der Waals surface area contributed by atoms with Crippen molar-refractivity contribution in [2.45, 2.75) is 53.4 Å². The highest BCUT2D eigenvalue weighted by Crippen LogP contribution is 2.37. The van der Waals surface area contributed by atoms with E-state index in [4.69, 9.17) is 0 Å². The van der Waals surface area contributed by atoms with E-state index >= 15 is 0 Å². The largest absolute Gasteiger partial charge is 0.295 e. The summed E-state index contributed by atoms with van der Waals surface area (Å²) < 4.78 is 0. The molecule has 74 valence electrons. The molecule has 0 saturated heterocycles. The fourth-order valence-corrected chi connectivity index (χ4v) is 2.27. The van der Waals surface area contributed by atoms with Crippen molar-refractivity contribution in [3.8, 4) is 0 Å². The van der Waals surface area contributed by atoms with Crippen LogP contribution < -0.4 is 0 Å². The Hall–Kier alpha value is -0.590. The van der Waals surface area contributed by atoms with E-state index in [1.165, 1.54) is 5.57 Å². The quantitative estimate of drug-likeness (QED) is 0.635. The number of rotatable bonds is 2. The summed E-state index contributed by atoms with van der Waals surface area (Å²) in [6.45, 7) is 8.60. The Morgan fingerprint density at radius 2 is 1.92 bits per heavy atom. The second kappa shape index (κ2) is 3.65. The number of ketones is 1. The Labute approximate surface area is 81.2 Å². The summed E-state index contributed by atoms with van der Waals surface area (Å²) >= 11 is 0. The van der Waals surface area contributed by atoms with Crippen molar-refractivity contribution >= 4 is 5.78 Å². The Kier molecular flexibility index (Phi) is 2.94. The van der Waals surface area contributed by atoms with Gasteiger partial charge in [0.25, 0.3) is 0 Å². The molecule has 0 unspecified atom stereocenters. The molecule has 1 rings (SSSR count). The Morgan fingerprint density at radius 1 is 1.31 bits per heavy atom. The SMILES string of the molecule is CCCC1=C(C)CC(C)(C)CC1=O. The van der Waals surface area contributed by atoms with E-state index in [-0.39, 0.29) is 5.41 Å². The summed E-state index contributed by atoms with van der Waals surface area (Å²) in [4.78, 5) is 11.8. The predicted molar refractivity (Wildman–Crippen MR) is 55.6 cm³/mol. The maximum Gasteiger partial charge on any atom is 0.159 e. The number of hydrogen-bond acceptors (Lipinski definition) is 1. The molecule has 1 aliphatic rings. The van der Waals surface area contributed by atoms with Crippen LogP contribution in [0.1, 0.15) is 53.4 Å². The third kappa shape index (κ3) is 2.43. The van der Waals surface area contributed by atoms with Crippen molar-refractivity contribution in [3.63, 3.8) is 0 Å². The van der Waals surface area contributed by atoms with E-state index < -0.39 is 0 Å². The first kappa shape index (κ1) is 10.5. The van der Waals surface area contributed by atoms with Crippen LogP contribution in [0, 0.1) is 5.41 Å². The van der Waals surface area contributed by atoms with Gasteiger partial charge in [-0.1, -0.05) is 32.8 Å². The molecule has 1 aliphatic carbocycles. The average molecular weight is 180 g/mol. The lowest BCUT2D eigenvalue weighted by molar-refractivity contribution is -0.118. The lowest BCUT2D eigenvalue weighted by Crippen LogP contribution is -2.24. The van der Waals surface area contributed by atoms with E-state index in [9.17, 15) is 4.79 Å². The van der Waals surface area contributed by atoms with Crippen LogP contribution in [0.2, 0.25) is 0 Å². The highest BCUT2D eigenvalue weighted by Gasteiger charge is 2.30. The average Bonchev–Trinajstić information content (AvgIpc) is 1.94. The van der Waals surface area contributed by atoms with Crippen LogP contribution in [-0.4, -0.2) is 5.78 Å². The summed E-state index contributed by atoms with van der Waals surface area (Å²) in [5, 5.41) is 0. The lowest BCUT2D eigenvalue weighted by Gasteiger charge is -2.30. The monoisotopic (exact) mass is 180 g/mol. The maximum absolute atomic E-state index is 11.8. The van der Waals surface area contributed by atoms with Crippen molar-refractivity contribution in [1.82, 2.24) is 0 Å². The van der Waals surface area contributed by atoms with Gasteiger partial charge in [-0.2, -0.15) is 0 Å². The molecule has 0 heterocycles. The minimum atomic E-state index is 0.193. The van der Waals surface area contributed by atoms with Gasteiger partial charge in [-0.3, -0.25) is 4.79 Å². The van der Waals surface area contributed by atoms with Gasteiger partial charge in [0.1, 0.15) is 0 Å². The molecule has 0 radical (unpaired) electrons.